The maximum atomic E-state index is 13.5. The number of amides is 1. The molecule has 2 heterocycles. The molecule has 2 saturated heterocycles. The largest absolute Gasteiger partial charge is 0.493 e. The van der Waals surface area contributed by atoms with Crippen LogP contribution in [0.4, 0.5) is 0 Å². The Bertz CT molecular complexity index is 780. The number of nitrogens with zero attached hydrogens (tertiary/aromatic N) is 2. The molecular weight excluding hydrogens is 384 g/mol. The molecular formula is C23H34N2O5. The molecule has 7 heteroatoms. The van der Waals surface area contributed by atoms with Crippen molar-refractivity contribution in [2.75, 3.05) is 67.3 Å². The Hall–Kier alpha value is -1.99. The molecule has 1 amide bonds. The number of benzene rings is 1. The van der Waals surface area contributed by atoms with E-state index in [2.05, 4.69) is 18.7 Å². The lowest BCUT2D eigenvalue weighted by Gasteiger charge is -2.58. The zero-order valence-electron chi connectivity index (χ0n) is 18.8. The zero-order valence-corrected chi connectivity index (χ0v) is 18.8. The van der Waals surface area contributed by atoms with E-state index >= 15 is 0 Å². The smallest absolute Gasteiger partial charge is 0.254 e. The number of methoxy groups -OCH3 is 3. The predicted octanol–water partition coefficient (Wildman–Crippen LogP) is 2.53. The lowest BCUT2D eigenvalue weighted by molar-refractivity contribution is -0.0966. The van der Waals surface area contributed by atoms with Crippen LogP contribution in [-0.2, 0) is 4.74 Å². The maximum Gasteiger partial charge on any atom is 0.254 e. The fraction of sp³-hybridized carbons (Fsp3) is 0.696. The number of rotatable bonds is 6. The second-order valence-electron chi connectivity index (χ2n) is 9.57. The van der Waals surface area contributed by atoms with Crippen molar-refractivity contribution in [3.05, 3.63) is 17.7 Å². The highest BCUT2D eigenvalue weighted by atomic mass is 16.5. The number of hydrogen-bond donors (Lipinski definition) is 0. The Morgan fingerprint density at radius 2 is 1.73 bits per heavy atom. The van der Waals surface area contributed by atoms with E-state index in [0.717, 1.165) is 52.4 Å². The van der Waals surface area contributed by atoms with E-state index in [4.69, 9.17) is 18.9 Å². The van der Waals surface area contributed by atoms with Gasteiger partial charge in [-0.2, -0.15) is 0 Å². The quantitative estimate of drug-likeness (QED) is 0.708. The van der Waals surface area contributed by atoms with Gasteiger partial charge < -0.3 is 23.8 Å². The summed E-state index contributed by atoms with van der Waals surface area (Å²) in [5.74, 6) is 2.05. The molecule has 3 fully saturated rings. The van der Waals surface area contributed by atoms with Gasteiger partial charge in [-0.1, -0.05) is 13.8 Å². The van der Waals surface area contributed by atoms with E-state index in [1.165, 1.54) is 0 Å². The maximum absolute atomic E-state index is 13.5. The van der Waals surface area contributed by atoms with Gasteiger partial charge in [0.1, 0.15) is 0 Å². The molecule has 0 radical (unpaired) electrons. The predicted molar refractivity (Wildman–Crippen MR) is 114 cm³/mol. The summed E-state index contributed by atoms with van der Waals surface area (Å²) in [4.78, 5) is 18.0. The average Bonchev–Trinajstić information content (AvgIpc) is 3.07. The summed E-state index contributed by atoms with van der Waals surface area (Å²) in [5, 5.41) is 0. The fourth-order valence-electron chi connectivity index (χ4n) is 6.09. The van der Waals surface area contributed by atoms with Crippen molar-refractivity contribution < 1.29 is 23.7 Å². The molecule has 0 bridgehead atoms. The van der Waals surface area contributed by atoms with Crippen LogP contribution in [-0.4, -0.2) is 83.0 Å². The van der Waals surface area contributed by atoms with Crippen LogP contribution in [0.1, 0.15) is 30.6 Å². The van der Waals surface area contributed by atoms with Gasteiger partial charge in [0.25, 0.3) is 5.91 Å². The van der Waals surface area contributed by atoms with Gasteiger partial charge in [0, 0.05) is 43.7 Å². The minimum atomic E-state index is 0.0285. The third-order valence-electron chi connectivity index (χ3n) is 7.24. The molecule has 166 valence electrons. The van der Waals surface area contributed by atoms with Crippen LogP contribution >= 0.6 is 0 Å². The molecule has 0 spiro atoms. The number of likely N-dealkylation sites (tertiary alicyclic amines) is 1. The second kappa shape index (κ2) is 7.93. The summed E-state index contributed by atoms with van der Waals surface area (Å²) >= 11 is 0. The van der Waals surface area contributed by atoms with Gasteiger partial charge in [-0.3, -0.25) is 9.69 Å². The minimum Gasteiger partial charge on any atom is -0.493 e. The van der Waals surface area contributed by atoms with Crippen molar-refractivity contribution in [2.45, 2.75) is 20.3 Å². The monoisotopic (exact) mass is 418 g/mol. The normalized spacial score (nSPS) is 27.9. The van der Waals surface area contributed by atoms with Crippen molar-refractivity contribution in [3.8, 4) is 17.2 Å². The molecule has 1 aliphatic carbocycles. The van der Waals surface area contributed by atoms with Crippen molar-refractivity contribution in [2.24, 2.45) is 16.7 Å². The first-order chi connectivity index (χ1) is 14.3. The van der Waals surface area contributed by atoms with Crippen LogP contribution in [0.2, 0.25) is 0 Å². The summed E-state index contributed by atoms with van der Waals surface area (Å²) in [6.45, 7) is 10.9. The molecule has 1 aromatic carbocycles. The number of fused-ring (bicyclic) bond motifs is 1. The third kappa shape index (κ3) is 3.52. The Labute approximate surface area is 179 Å². The Balaban J connectivity index is 1.57. The van der Waals surface area contributed by atoms with E-state index in [9.17, 15) is 4.79 Å². The van der Waals surface area contributed by atoms with Crippen molar-refractivity contribution in [1.29, 1.82) is 0 Å². The molecule has 7 nitrogen and oxygen atoms in total. The first-order valence-corrected chi connectivity index (χ1v) is 10.7. The average molecular weight is 419 g/mol. The lowest BCUT2D eigenvalue weighted by Crippen LogP contribution is -2.59. The van der Waals surface area contributed by atoms with Gasteiger partial charge in [0.2, 0.25) is 5.75 Å². The third-order valence-corrected chi connectivity index (χ3v) is 7.24. The number of carbonyl (C=O) groups is 1. The van der Waals surface area contributed by atoms with Gasteiger partial charge >= 0.3 is 0 Å². The van der Waals surface area contributed by atoms with E-state index < -0.39 is 0 Å². The molecule has 4 rings (SSSR count). The molecule has 3 aliphatic rings. The Kier molecular flexibility index (Phi) is 5.62. The lowest BCUT2D eigenvalue weighted by atomic mass is 9.48. The van der Waals surface area contributed by atoms with Crippen molar-refractivity contribution in [3.63, 3.8) is 0 Å². The van der Waals surface area contributed by atoms with Gasteiger partial charge in [0.15, 0.2) is 11.5 Å². The summed E-state index contributed by atoms with van der Waals surface area (Å²) in [6, 6.07) is 3.51. The standard InChI is InChI=1S/C23H34N2O5/c1-22(2)13-23(14-24-6-8-30-9-7-24)15-25(12-19(22)23)21(26)16-10-17(27-3)20(29-5)18(11-16)28-4/h10-11,19H,6-9,12-15H2,1-5H3/t19-,23+/m1/s1. The molecule has 0 aromatic heterocycles. The summed E-state index contributed by atoms with van der Waals surface area (Å²) in [5.41, 5.74) is 1.01. The zero-order chi connectivity index (χ0) is 21.5. The molecule has 0 unspecified atom stereocenters. The van der Waals surface area contributed by atoms with Crippen LogP contribution in [0.15, 0.2) is 12.1 Å². The summed E-state index contributed by atoms with van der Waals surface area (Å²) in [7, 11) is 4.71. The fourth-order valence-corrected chi connectivity index (χ4v) is 6.09. The van der Waals surface area contributed by atoms with Crippen LogP contribution in [0.3, 0.4) is 0 Å². The van der Waals surface area contributed by atoms with Crippen LogP contribution in [0.25, 0.3) is 0 Å². The highest BCUT2D eigenvalue weighted by molar-refractivity contribution is 5.96. The van der Waals surface area contributed by atoms with E-state index in [-0.39, 0.29) is 16.7 Å². The van der Waals surface area contributed by atoms with Crippen LogP contribution in [0.5, 0.6) is 17.2 Å². The highest BCUT2D eigenvalue weighted by Gasteiger charge is 2.63. The molecule has 0 N–H and O–H groups in total. The number of ether oxygens (including phenoxy) is 4. The second-order valence-corrected chi connectivity index (χ2v) is 9.57. The molecule has 1 saturated carbocycles. The summed E-state index contributed by atoms with van der Waals surface area (Å²) in [6.07, 6.45) is 1.15. The van der Waals surface area contributed by atoms with Crippen LogP contribution < -0.4 is 14.2 Å². The molecule has 2 aliphatic heterocycles. The van der Waals surface area contributed by atoms with Crippen LogP contribution in [0, 0.1) is 16.7 Å². The topological polar surface area (TPSA) is 60.5 Å². The first kappa shape index (κ1) is 21.2. The van der Waals surface area contributed by atoms with E-state index in [0.29, 0.717) is 28.7 Å². The summed E-state index contributed by atoms with van der Waals surface area (Å²) < 4.78 is 21.8. The Morgan fingerprint density at radius 1 is 1.10 bits per heavy atom. The van der Waals surface area contributed by atoms with Gasteiger partial charge in [-0.15, -0.1) is 0 Å². The minimum absolute atomic E-state index is 0.0285. The molecule has 2 atom stereocenters. The SMILES string of the molecule is COc1cc(C(=O)N2C[C@@H]3C(C)(C)C[C@]3(CN3CCOCC3)C2)cc(OC)c1OC. The van der Waals surface area contributed by atoms with Gasteiger partial charge in [-0.05, 0) is 29.9 Å². The van der Waals surface area contributed by atoms with Gasteiger partial charge in [-0.25, -0.2) is 0 Å². The van der Waals surface area contributed by atoms with E-state index in [1.807, 2.05) is 4.90 Å². The van der Waals surface area contributed by atoms with Crippen molar-refractivity contribution in [1.82, 2.24) is 9.80 Å². The van der Waals surface area contributed by atoms with Gasteiger partial charge in [0.05, 0.1) is 34.5 Å². The molecule has 1 aromatic rings. The number of carbonyl (C=O) groups excluding carboxylic acids is 1. The van der Waals surface area contributed by atoms with Crippen molar-refractivity contribution >= 4 is 5.91 Å². The molecule has 30 heavy (non-hydrogen) atoms. The first-order valence-electron chi connectivity index (χ1n) is 10.7. The number of hydrogen-bond acceptors (Lipinski definition) is 6. The highest BCUT2D eigenvalue weighted by Crippen LogP contribution is 2.63. The van der Waals surface area contributed by atoms with E-state index in [1.54, 1.807) is 33.5 Å². The Morgan fingerprint density at radius 3 is 2.27 bits per heavy atom. The number of morpholine rings is 1.